The van der Waals surface area contributed by atoms with Crippen molar-refractivity contribution in [2.45, 2.75) is 37.9 Å². The normalized spacial score (nSPS) is 20.0. The van der Waals surface area contributed by atoms with Crippen molar-refractivity contribution < 1.29 is 18.7 Å². The summed E-state index contributed by atoms with van der Waals surface area (Å²) in [5, 5.41) is 8.18. The Labute approximate surface area is 171 Å². The molecule has 0 radical (unpaired) electrons. The van der Waals surface area contributed by atoms with E-state index in [0.717, 1.165) is 23.0 Å². The zero-order valence-corrected chi connectivity index (χ0v) is 17.2. The van der Waals surface area contributed by atoms with Crippen LogP contribution in [0, 0.1) is 11.2 Å². The molecule has 0 unspecified atom stereocenters. The predicted octanol–water partition coefficient (Wildman–Crippen LogP) is 3.34. The number of rotatable bonds is 4. The number of ether oxygens (including phenoxy) is 1. The fourth-order valence-corrected chi connectivity index (χ4v) is 4.45. The van der Waals surface area contributed by atoms with Gasteiger partial charge in [0.15, 0.2) is 5.78 Å². The topological polar surface area (TPSA) is 86.1 Å². The van der Waals surface area contributed by atoms with E-state index in [1.165, 1.54) is 19.2 Å². The zero-order valence-electron chi connectivity index (χ0n) is 16.4. The smallest absolute Gasteiger partial charge is 0.316 e. The van der Waals surface area contributed by atoms with E-state index < -0.39 is 6.04 Å². The van der Waals surface area contributed by atoms with E-state index >= 15 is 0 Å². The molecule has 152 valence electrons. The molecule has 0 amide bonds. The zero-order chi connectivity index (χ0) is 20.8. The number of methoxy groups -OCH3 is 1. The second kappa shape index (κ2) is 7.29. The molecule has 9 heteroatoms. The molecule has 7 nitrogen and oxygen atoms in total. The standard InChI is InChI=1S/C20H21FN4O3S/c1-20(2)8-13-16(14(26)9-20)17(11-4-6-12(21)7-5-11)25-18(22-13)23-19(24-25)29-10-15(27)28-3/h4-7,17H,8-10H2,1-3H3,(H,22,23,24)/t17-/m0/s1. The van der Waals surface area contributed by atoms with Crippen LogP contribution in [0.25, 0.3) is 0 Å². The molecule has 29 heavy (non-hydrogen) atoms. The van der Waals surface area contributed by atoms with Gasteiger partial charge in [-0.25, -0.2) is 9.07 Å². The Morgan fingerprint density at radius 3 is 2.76 bits per heavy atom. The molecule has 0 saturated carbocycles. The molecule has 2 aromatic rings. The van der Waals surface area contributed by atoms with Crippen molar-refractivity contribution in [2.24, 2.45) is 5.41 Å². The summed E-state index contributed by atoms with van der Waals surface area (Å²) in [5.41, 5.74) is 2.05. The van der Waals surface area contributed by atoms with Gasteiger partial charge in [-0.15, -0.1) is 5.10 Å². The summed E-state index contributed by atoms with van der Waals surface area (Å²) in [6.45, 7) is 4.11. The highest BCUT2D eigenvalue weighted by Crippen LogP contribution is 2.45. The molecule has 1 aromatic carbocycles. The summed E-state index contributed by atoms with van der Waals surface area (Å²) in [5.74, 6) is -0.0967. The van der Waals surface area contributed by atoms with Crippen LogP contribution in [0.3, 0.4) is 0 Å². The number of allylic oxidation sites excluding steroid dienone is 2. The fraction of sp³-hybridized carbons (Fsp3) is 0.400. The Hall–Kier alpha value is -2.68. The van der Waals surface area contributed by atoms with Crippen LogP contribution in [-0.2, 0) is 14.3 Å². The summed E-state index contributed by atoms with van der Waals surface area (Å²) in [4.78, 5) is 29.0. The van der Waals surface area contributed by atoms with Crippen molar-refractivity contribution in [1.82, 2.24) is 14.8 Å². The first-order valence-corrected chi connectivity index (χ1v) is 10.2. The molecule has 1 aliphatic carbocycles. The van der Waals surface area contributed by atoms with Crippen LogP contribution in [0.5, 0.6) is 0 Å². The molecule has 1 aromatic heterocycles. The van der Waals surface area contributed by atoms with Gasteiger partial charge in [-0.1, -0.05) is 37.7 Å². The van der Waals surface area contributed by atoms with E-state index in [9.17, 15) is 14.0 Å². The molecular formula is C20H21FN4O3S. The molecule has 0 saturated heterocycles. The quantitative estimate of drug-likeness (QED) is 0.604. The maximum absolute atomic E-state index is 13.5. The Morgan fingerprint density at radius 2 is 2.07 bits per heavy atom. The molecule has 2 aliphatic rings. The van der Waals surface area contributed by atoms with Gasteiger partial charge in [0.2, 0.25) is 11.1 Å². The van der Waals surface area contributed by atoms with E-state index in [0.29, 0.717) is 29.5 Å². The highest BCUT2D eigenvalue weighted by molar-refractivity contribution is 7.99. The number of ketones is 1. The number of fused-ring (bicyclic) bond motifs is 1. The number of Topliss-reactive ketones (excluding diaryl/α,β-unsaturated/α-hetero) is 1. The van der Waals surface area contributed by atoms with Gasteiger partial charge in [-0.05, 0) is 29.5 Å². The number of halogens is 1. The molecule has 1 N–H and O–H groups in total. The number of nitrogens with zero attached hydrogens (tertiary/aromatic N) is 3. The lowest BCUT2D eigenvalue weighted by atomic mass is 9.73. The third-order valence-electron chi connectivity index (χ3n) is 5.05. The minimum atomic E-state index is -0.495. The van der Waals surface area contributed by atoms with Gasteiger partial charge >= 0.3 is 5.97 Å². The van der Waals surface area contributed by atoms with E-state index in [1.807, 2.05) is 0 Å². The number of benzene rings is 1. The van der Waals surface area contributed by atoms with Crippen LogP contribution < -0.4 is 5.32 Å². The van der Waals surface area contributed by atoms with E-state index in [-0.39, 0.29) is 28.7 Å². The lowest BCUT2D eigenvalue weighted by Crippen LogP contribution is -2.36. The minimum Gasteiger partial charge on any atom is -0.468 e. The molecule has 4 rings (SSSR count). The van der Waals surface area contributed by atoms with Crippen LogP contribution in [0.2, 0.25) is 0 Å². The largest absolute Gasteiger partial charge is 0.468 e. The van der Waals surface area contributed by atoms with Gasteiger partial charge in [-0.2, -0.15) is 4.98 Å². The maximum atomic E-state index is 13.5. The third-order valence-corrected chi connectivity index (χ3v) is 5.86. The van der Waals surface area contributed by atoms with Crippen LogP contribution in [0.4, 0.5) is 10.3 Å². The fourth-order valence-electron chi connectivity index (χ4n) is 3.79. The number of anilines is 1. The Morgan fingerprint density at radius 1 is 1.34 bits per heavy atom. The summed E-state index contributed by atoms with van der Waals surface area (Å²) in [6.07, 6.45) is 1.13. The molecule has 1 atom stereocenters. The number of carbonyl (C=O) groups excluding carboxylic acids is 2. The summed E-state index contributed by atoms with van der Waals surface area (Å²) < 4.78 is 19.8. The second-order valence-corrected chi connectivity index (χ2v) is 8.88. The van der Waals surface area contributed by atoms with Crippen molar-refractivity contribution in [1.29, 1.82) is 0 Å². The number of aromatic nitrogens is 3. The number of nitrogens with one attached hydrogen (secondary N) is 1. The van der Waals surface area contributed by atoms with Gasteiger partial charge in [0.25, 0.3) is 0 Å². The summed E-state index contributed by atoms with van der Waals surface area (Å²) in [6, 6.07) is 5.58. The van der Waals surface area contributed by atoms with Crippen LogP contribution in [-0.4, -0.2) is 39.4 Å². The van der Waals surface area contributed by atoms with Crippen molar-refractivity contribution in [3.05, 3.63) is 46.9 Å². The van der Waals surface area contributed by atoms with E-state index in [2.05, 4.69) is 34.0 Å². The van der Waals surface area contributed by atoms with E-state index in [1.54, 1.807) is 16.8 Å². The number of hydrogen-bond donors (Lipinski definition) is 1. The van der Waals surface area contributed by atoms with Crippen LogP contribution >= 0.6 is 11.8 Å². The summed E-state index contributed by atoms with van der Waals surface area (Å²) >= 11 is 1.16. The molecule has 1 aliphatic heterocycles. The highest BCUT2D eigenvalue weighted by Gasteiger charge is 2.41. The Balaban J connectivity index is 1.78. The first-order chi connectivity index (χ1) is 13.8. The van der Waals surface area contributed by atoms with Crippen molar-refractivity contribution in [3.63, 3.8) is 0 Å². The molecule has 0 fully saturated rings. The van der Waals surface area contributed by atoms with Gasteiger partial charge < -0.3 is 10.1 Å². The average molecular weight is 416 g/mol. The lowest BCUT2D eigenvalue weighted by molar-refractivity contribution is -0.137. The third kappa shape index (κ3) is 3.78. The maximum Gasteiger partial charge on any atom is 0.316 e. The van der Waals surface area contributed by atoms with Crippen molar-refractivity contribution >= 4 is 29.5 Å². The second-order valence-electron chi connectivity index (χ2n) is 7.94. The van der Waals surface area contributed by atoms with Gasteiger partial charge in [0.05, 0.1) is 12.9 Å². The lowest BCUT2D eigenvalue weighted by Gasteiger charge is -2.38. The number of carbonyl (C=O) groups is 2. The van der Waals surface area contributed by atoms with Crippen molar-refractivity contribution in [3.8, 4) is 0 Å². The van der Waals surface area contributed by atoms with Gasteiger partial charge in [0, 0.05) is 17.7 Å². The molecule has 2 heterocycles. The molecule has 0 bridgehead atoms. The predicted molar refractivity (Wildman–Crippen MR) is 106 cm³/mol. The molecular weight excluding hydrogens is 395 g/mol. The Bertz CT molecular complexity index is 1010. The number of esters is 1. The minimum absolute atomic E-state index is 0.0444. The van der Waals surface area contributed by atoms with Crippen molar-refractivity contribution in [2.75, 3.05) is 18.2 Å². The first kappa shape index (κ1) is 19.6. The SMILES string of the molecule is COC(=O)CSc1nc2n(n1)[C@@H](c1ccc(F)cc1)C1=C(CC(C)(C)CC1=O)N2. The molecule has 0 spiro atoms. The average Bonchev–Trinajstić information content (AvgIpc) is 3.06. The monoisotopic (exact) mass is 416 g/mol. The summed E-state index contributed by atoms with van der Waals surface area (Å²) in [7, 11) is 1.33. The van der Waals surface area contributed by atoms with Crippen LogP contribution in [0.15, 0.2) is 40.7 Å². The Kier molecular flexibility index (Phi) is 4.94. The van der Waals surface area contributed by atoms with Crippen LogP contribution in [0.1, 0.15) is 38.3 Å². The number of hydrogen-bond acceptors (Lipinski definition) is 7. The number of thioether (sulfide) groups is 1. The van der Waals surface area contributed by atoms with Gasteiger partial charge in [-0.3, -0.25) is 9.59 Å². The highest BCUT2D eigenvalue weighted by atomic mass is 32.2. The van der Waals surface area contributed by atoms with Gasteiger partial charge in [0.1, 0.15) is 11.9 Å². The first-order valence-electron chi connectivity index (χ1n) is 9.22. The van der Waals surface area contributed by atoms with E-state index in [4.69, 9.17) is 0 Å².